The molecule has 1 saturated heterocycles. The first-order valence-electron chi connectivity index (χ1n) is 6.36. The Kier molecular flexibility index (Phi) is 4.65. The number of benzene rings is 1. The van der Waals surface area contributed by atoms with Crippen LogP contribution in [0.2, 0.25) is 0 Å². The van der Waals surface area contributed by atoms with Crippen LogP contribution >= 0.6 is 0 Å². The molecule has 1 fully saturated rings. The first-order chi connectivity index (χ1) is 9.46. The normalized spacial score (nSPS) is 16.9. The van der Waals surface area contributed by atoms with Crippen LogP contribution in [0.3, 0.4) is 0 Å². The molecule has 3 nitrogen and oxygen atoms in total. The number of Topliss-reactive ketones (excluding diaryl/α,β-unsaturated/α-hetero) is 1. The molecule has 0 bridgehead atoms. The van der Waals surface area contributed by atoms with E-state index in [1.54, 1.807) is 6.07 Å². The molecule has 1 radical (unpaired) electrons. The number of alkyl halides is 3. The van der Waals surface area contributed by atoms with Gasteiger partial charge in [-0.15, -0.1) is 13.2 Å². The molecule has 1 aromatic carbocycles. The Bertz CT molecular complexity index is 468. The lowest BCUT2D eigenvalue weighted by Gasteiger charge is -2.21. The number of carbonyl (C=O) groups is 1. The Hall–Kier alpha value is -1.56. The summed E-state index contributed by atoms with van der Waals surface area (Å²) in [4.78, 5) is 12.1. The molecule has 1 aliphatic heterocycles. The van der Waals surface area contributed by atoms with Gasteiger partial charge in [0.25, 0.3) is 0 Å². The third-order valence-corrected chi connectivity index (χ3v) is 3.16. The molecule has 1 aromatic rings. The molecule has 1 aliphatic rings. The molecule has 1 N–H and O–H groups in total. The summed E-state index contributed by atoms with van der Waals surface area (Å²) in [6, 6.07) is 5.76. The minimum Gasteiger partial charge on any atom is -0.405 e. The molecule has 1 heterocycles. The Labute approximate surface area is 115 Å². The molecular formula is C14H15F3NO2. The molecule has 6 heteroatoms. The van der Waals surface area contributed by atoms with E-state index >= 15 is 0 Å². The van der Waals surface area contributed by atoms with Crippen molar-refractivity contribution in [3.63, 3.8) is 0 Å². The molecule has 0 amide bonds. The zero-order valence-corrected chi connectivity index (χ0v) is 10.7. The summed E-state index contributed by atoms with van der Waals surface area (Å²) < 4.78 is 40.8. The minimum atomic E-state index is -4.75. The fourth-order valence-corrected chi connectivity index (χ4v) is 2.19. The first-order valence-corrected chi connectivity index (χ1v) is 6.36. The zero-order valence-electron chi connectivity index (χ0n) is 10.7. The van der Waals surface area contributed by atoms with Crippen LogP contribution in [0.4, 0.5) is 13.2 Å². The number of ketones is 1. The fourth-order valence-electron chi connectivity index (χ4n) is 2.19. The molecule has 0 saturated carbocycles. The highest BCUT2D eigenvalue weighted by molar-refractivity contribution is 5.85. The number of rotatable bonds is 4. The third kappa shape index (κ3) is 4.23. The minimum absolute atomic E-state index is 0.0482. The number of para-hydroxylation sites is 1. The second-order valence-electron chi connectivity index (χ2n) is 4.63. The SMILES string of the molecule is O=C(Cc1ccccc1OC(F)(F)F)C1[CH]CNCC1. The van der Waals surface area contributed by atoms with E-state index in [0.29, 0.717) is 13.0 Å². The number of piperidine rings is 1. The van der Waals surface area contributed by atoms with Crippen LogP contribution in [0.5, 0.6) is 5.75 Å². The highest BCUT2D eigenvalue weighted by Crippen LogP contribution is 2.27. The van der Waals surface area contributed by atoms with E-state index in [9.17, 15) is 18.0 Å². The highest BCUT2D eigenvalue weighted by Gasteiger charge is 2.32. The summed E-state index contributed by atoms with van der Waals surface area (Å²) >= 11 is 0. The van der Waals surface area contributed by atoms with Crippen LogP contribution in [0, 0.1) is 12.3 Å². The van der Waals surface area contributed by atoms with Crippen molar-refractivity contribution >= 4 is 5.78 Å². The summed E-state index contributed by atoms with van der Waals surface area (Å²) in [5.41, 5.74) is 0.266. The van der Waals surface area contributed by atoms with Crippen molar-refractivity contribution in [3.05, 3.63) is 36.2 Å². The summed E-state index contributed by atoms with van der Waals surface area (Å²) in [6.45, 7) is 1.39. The number of halogens is 3. The van der Waals surface area contributed by atoms with E-state index in [0.717, 1.165) is 6.54 Å². The molecule has 2 rings (SSSR count). The summed E-state index contributed by atoms with van der Waals surface area (Å²) in [6.07, 6.45) is -2.26. The van der Waals surface area contributed by atoms with E-state index in [-0.39, 0.29) is 29.4 Å². The molecule has 1 unspecified atom stereocenters. The maximum absolute atomic E-state index is 12.3. The predicted octanol–water partition coefficient (Wildman–Crippen LogP) is 2.51. The van der Waals surface area contributed by atoms with Crippen LogP contribution in [0.25, 0.3) is 0 Å². The van der Waals surface area contributed by atoms with Crippen molar-refractivity contribution in [2.45, 2.75) is 19.2 Å². The van der Waals surface area contributed by atoms with Gasteiger partial charge < -0.3 is 10.1 Å². The Morgan fingerprint density at radius 3 is 2.75 bits per heavy atom. The van der Waals surface area contributed by atoms with Crippen LogP contribution in [-0.2, 0) is 11.2 Å². The maximum atomic E-state index is 12.3. The second kappa shape index (κ2) is 6.26. The van der Waals surface area contributed by atoms with Crippen molar-refractivity contribution in [3.8, 4) is 5.75 Å². The van der Waals surface area contributed by atoms with E-state index in [2.05, 4.69) is 10.1 Å². The van der Waals surface area contributed by atoms with E-state index in [1.165, 1.54) is 18.2 Å². The van der Waals surface area contributed by atoms with Crippen LogP contribution in [0.1, 0.15) is 12.0 Å². The molecular weight excluding hydrogens is 271 g/mol. The van der Waals surface area contributed by atoms with Gasteiger partial charge in [0, 0.05) is 17.9 Å². The maximum Gasteiger partial charge on any atom is 0.573 e. The van der Waals surface area contributed by atoms with Crippen molar-refractivity contribution < 1.29 is 22.7 Å². The van der Waals surface area contributed by atoms with Crippen LogP contribution < -0.4 is 10.1 Å². The molecule has 20 heavy (non-hydrogen) atoms. The predicted molar refractivity (Wildman–Crippen MR) is 67.1 cm³/mol. The van der Waals surface area contributed by atoms with Gasteiger partial charge in [-0.1, -0.05) is 18.2 Å². The number of carbonyl (C=O) groups excluding carboxylic acids is 1. The van der Waals surface area contributed by atoms with Crippen LogP contribution in [0.15, 0.2) is 24.3 Å². The number of hydrogen-bond donors (Lipinski definition) is 1. The lowest BCUT2D eigenvalue weighted by molar-refractivity contribution is -0.274. The van der Waals surface area contributed by atoms with Gasteiger partial charge in [-0.3, -0.25) is 4.79 Å². The third-order valence-electron chi connectivity index (χ3n) is 3.16. The Morgan fingerprint density at radius 1 is 1.35 bits per heavy atom. The topological polar surface area (TPSA) is 38.3 Å². The highest BCUT2D eigenvalue weighted by atomic mass is 19.4. The van der Waals surface area contributed by atoms with Crippen LogP contribution in [-0.4, -0.2) is 25.2 Å². The Balaban J connectivity index is 2.06. The summed E-state index contributed by atoms with van der Waals surface area (Å²) in [5, 5.41) is 3.09. The lowest BCUT2D eigenvalue weighted by Crippen LogP contribution is -2.33. The van der Waals surface area contributed by atoms with Crippen molar-refractivity contribution in [1.82, 2.24) is 5.32 Å². The smallest absolute Gasteiger partial charge is 0.405 e. The van der Waals surface area contributed by atoms with Gasteiger partial charge in [0.15, 0.2) is 0 Å². The standard InChI is InChI=1S/C14H15F3NO2/c15-14(16,17)20-13-4-2-1-3-11(13)9-12(19)10-5-7-18-8-6-10/h1-5,10,18H,6-9H2. The van der Waals surface area contributed by atoms with Gasteiger partial charge in [0.1, 0.15) is 11.5 Å². The van der Waals surface area contributed by atoms with Gasteiger partial charge in [0.2, 0.25) is 0 Å². The van der Waals surface area contributed by atoms with Gasteiger partial charge in [-0.2, -0.15) is 0 Å². The van der Waals surface area contributed by atoms with E-state index in [4.69, 9.17) is 0 Å². The quantitative estimate of drug-likeness (QED) is 0.924. The monoisotopic (exact) mass is 286 g/mol. The number of ether oxygens (including phenoxy) is 1. The molecule has 0 aliphatic carbocycles. The molecule has 1 atom stereocenters. The van der Waals surface area contributed by atoms with E-state index in [1.807, 2.05) is 6.42 Å². The average Bonchev–Trinajstić information content (AvgIpc) is 2.40. The van der Waals surface area contributed by atoms with Gasteiger partial charge in [0.05, 0.1) is 0 Å². The zero-order chi connectivity index (χ0) is 14.6. The number of nitrogens with one attached hydrogen (secondary N) is 1. The van der Waals surface area contributed by atoms with Crippen molar-refractivity contribution in [2.24, 2.45) is 5.92 Å². The van der Waals surface area contributed by atoms with Gasteiger partial charge in [-0.25, -0.2) is 0 Å². The first kappa shape index (κ1) is 14.8. The molecule has 109 valence electrons. The van der Waals surface area contributed by atoms with Crippen molar-refractivity contribution in [2.75, 3.05) is 13.1 Å². The second-order valence-corrected chi connectivity index (χ2v) is 4.63. The largest absolute Gasteiger partial charge is 0.573 e. The Morgan fingerprint density at radius 2 is 2.10 bits per heavy atom. The van der Waals surface area contributed by atoms with Gasteiger partial charge in [-0.05, 0) is 32.0 Å². The lowest BCUT2D eigenvalue weighted by atomic mass is 9.90. The molecule has 0 spiro atoms. The molecule has 0 aromatic heterocycles. The fraction of sp³-hybridized carbons (Fsp3) is 0.429. The summed E-state index contributed by atoms with van der Waals surface area (Å²) in [7, 11) is 0. The van der Waals surface area contributed by atoms with Gasteiger partial charge >= 0.3 is 6.36 Å². The average molecular weight is 286 g/mol. The number of hydrogen-bond acceptors (Lipinski definition) is 3. The van der Waals surface area contributed by atoms with E-state index < -0.39 is 6.36 Å². The van der Waals surface area contributed by atoms with Crippen molar-refractivity contribution in [1.29, 1.82) is 0 Å². The summed E-state index contributed by atoms with van der Waals surface area (Å²) in [5.74, 6) is -0.581.